The Hall–Kier alpha value is -3.42. The second-order valence-electron chi connectivity index (χ2n) is 5.93. The zero-order valence-electron chi connectivity index (χ0n) is 14.9. The second-order valence-corrected chi connectivity index (χ2v) is 5.93. The lowest BCUT2D eigenvalue weighted by atomic mass is 10.2. The first-order valence-corrected chi connectivity index (χ1v) is 8.46. The van der Waals surface area contributed by atoms with Gasteiger partial charge in [-0.2, -0.15) is 0 Å². The lowest BCUT2D eigenvalue weighted by Crippen LogP contribution is -2.29. The molecule has 0 radical (unpaired) electrons. The van der Waals surface area contributed by atoms with E-state index in [1.165, 1.54) is 13.0 Å². The van der Waals surface area contributed by atoms with Crippen LogP contribution in [-0.4, -0.2) is 31.2 Å². The van der Waals surface area contributed by atoms with Crippen LogP contribution in [0.3, 0.4) is 0 Å². The van der Waals surface area contributed by atoms with Crippen LogP contribution >= 0.6 is 0 Å². The van der Waals surface area contributed by atoms with Crippen molar-refractivity contribution >= 4 is 23.6 Å². The van der Waals surface area contributed by atoms with Crippen LogP contribution in [-0.2, 0) is 14.3 Å². The van der Waals surface area contributed by atoms with Gasteiger partial charge in [0.25, 0.3) is 5.91 Å². The van der Waals surface area contributed by atoms with Crippen LogP contribution in [0.15, 0.2) is 42.5 Å². The van der Waals surface area contributed by atoms with Crippen LogP contribution < -0.4 is 14.8 Å². The summed E-state index contributed by atoms with van der Waals surface area (Å²) in [7, 11) is 0. The molecule has 0 saturated carbocycles. The fourth-order valence-corrected chi connectivity index (χ4v) is 2.42. The van der Waals surface area contributed by atoms with E-state index in [4.69, 9.17) is 14.2 Å². The molecule has 6 nitrogen and oxygen atoms in total. The van der Waals surface area contributed by atoms with Gasteiger partial charge < -0.3 is 19.5 Å². The number of benzene rings is 2. The summed E-state index contributed by atoms with van der Waals surface area (Å²) in [4.78, 5) is 23.9. The summed E-state index contributed by atoms with van der Waals surface area (Å²) in [6.45, 7) is 2.25. The molecule has 1 amide bonds. The molecule has 8 heteroatoms. The Morgan fingerprint density at radius 1 is 1.11 bits per heavy atom. The molecule has 1 aliphatic heterocycles. The lowest BCUT2D eigenvalue weighted by Gasteiger charge is -2.18. The van der Waals surface area contributed by atoms with E-state index in [2.05, 4.69) is 5.32 Å². The topological polar surface area (TPSA) is 73.9 Å². The summed E-state index contributed by atoms with van der Waals surface area (Å²) < 4.78 is 42.6. The van der Waals surface area contributed by atoms with Gasteiger partial charge in [-0.05, 0) is 42.8 Å². The fourth-order valence-electron chi connectivity index (χ4n) is 2.42. The Morgan fingerprint density at radius 3 is 2.64 bits per heavy atom. The Labute approximate surface area is 159 Å². The molecule has 0 bridgehead atoms. The molecule has 0 saturated heterocycles. The maximum absolute atomic E-state index is 13.6. The van der Waals surface area contributed by atoms with Crippen molar-refractivity contribution in [3.05, 3.63) is 59.7 Å². The molecular formula is C20H17F2NO5. The van der Waals surface area contributed by atoms with Crippen molar-refractivity contribution < 1.29 is 32.6 Å². The lowest BCUT2D eigenvalue weighted by molar-refractivity contribution is -0.148. The molecule has 0 aromatic heterocycles. The number of hydrogen-bond acceptors (Lipinski definition) is 5. The van der Waals surface area contributed by atoms with Crippen molar-refractivity contribution in [3.63, 3.8) is 0 Å². The van der Waals surface area contributed by atoms with Gasteiger partial charge in [-0.3, -0.25) is 4.79 Å². The highest BCUT2D eigenvalue weighted by molar-refractivity contribution is 5.96. The van der Waals surface area contributed by atoms with Gasteiger partial charge in [-0.1, -0.05) is 6.07 Å². The van der Waals surface area contributed by atoms with Gasteiger partial charge in [-0.15, -0.1) is 0 Å². The molecule has 0 fully saturated rings. The molecule has 1 heterocycles. The number of anilines is 1. The zero-order chi connectivity index (χ0) is 20.1. The van der Waals surface area contributed by atoms with Gasteiger partial charge in [0.15, 0.2) is 17.6 Å². The van der Waals surface area contributed by atoms with Crippen LogP contribution in [0.1, 0.15) is 12.5 Å². The molecule has 2 aromatic carbocycles. The number of amides is 1. The first kappa shape index (κ1) is 19.3. The predicted octanol–water partition coefficient (Wildman–Crippen LogP) is 3.32. The summed E-state index contributed by atoms with van der Waals surface area (Å²) in [6, 6.07) is 7.82. The van der Waals surface area contributed by atoms with Gasteiger partial charge >= 0.3 is 5.97 Å². The standard InChI is InChI=1S/C20H17F2NO5/c1-12(20(25)23-16-11-14(21)4-5-15(16)22)28-19(24)7-3-13-2-6-17-18(10-13)27-9-8-26-17/h2-7,10-12H,8-9H2,1H3,(H,23,25)/b7-3+/t12-/m0/s1. The number of carbonyl (C=O) groups is 2. The molecule has 2 aromatic rings. The highest BCUT2D eigenvalue weighted by Crippen LogP contribution is 2.31. The van der Waals surface area contributed by atoms with Gasteiger partial charge in [0.05, 0.1) is 5.69 Å². The van der Waals surface area contributed by atoms with E-state index in [-0.39, 0.29) is 5.69 Å². The number of carbonyl (C=O) groups excluding carboxylic acids is 2. The SMILES string of the molecule is C[C@H](OC(=O)/C=C/c1ccc2c(c1)OCCO2)C(=O)Nc1cc(F)ccc1F. The molecule has 28 heavy (non-hydrogen) atoms. The highest BCUT2D eigenvalue weighted by atomic mass is 19.1. The minimum atomic E-state index is -1.21. The Morgan fingerprint density at radius 2 is 1.86 bits per heavy atom. The van der Waals surface area contributed by atoms with Crippen molar-refractivity contribution in [2.24, 2.45) is 0 Å². The summed E-state index contributed by atoms with van der Waals surface area (Å²) in [6.07, 6.45) is 1.44. The first-order valence-electron chi connectivity index (χ1n) is 8.46. The van der Waals surface area contributed by atoms with Gasteiger partial charge in [-0.25, -0.2) is 13.6 Å². The van der Waals surface area contributed by atoms with Gasteiger partial charge in [0.2, 0.25) is 0 Å². The Balaban J connectivity index is 1.57. The quantitative estimate of drug-likeness (QED) is 0.627. The van der Waals surface area contributed by atoms with Crippen molar-refractivity contribution in [1.29, 1.82) is 0 Å². The third-order valence-corrected chi connectivity index (χ3v) is 3.83. The molecule has 1 N–H and O–H groups in total. The maximum atomic E-state index is 13.6. The number of fused-ring (bicyclic) bond motifs is 1. The number of hydrogen-bond donors (Lipinski definition) is 1. The van der Waals surface area contributed by atoms with Crippen LogP contribution in [0.4, 0.5) is 14.5 Å². The summed E-state index contributed by atoms with van der Waals surface area (Å²) in [5.74, 6) is -1.86. The Kier molecular flexibility index (Phi) is 5.88. The van der Waals surface area contributed by atoms with Crippen molar-refractivity contribution in [1.82, 2.24) is 0 Å². The molecule has 0 spiro atoms. The summed E-state index contributed by atoms with van der Waals surface area (Å²) >= 11 is 0. The number of rotatable bonds is 5. The molecule has 1 atom stereocenters. The normalized spacial score (nSPS) is 13.8. The maximum Gasteiger partial charge on any atom is 0.331 e. The van der Waals surface area contributed by atoms with Crippen LogP contribution in [0.2, 0.25) is 0 Å². The van der Waals surface area contributed by atoms with Crippen LogP contribution in [0, 0.1) is 11.6 Å². The summed E-state index contributed by atoms with van der Waals surface area (Å²) in [5, 5.41) is 2.18. The van der Waals surface area contributed by atoms with E-state index in [9.17, 15) is 18.4 Å². The number of nitrogens with one attached hydrogen (secondary N) is 1. The second kappa shape index (κ2) is 8.51. The molecular weight excluding hydrogens is 372 g/mol. The van der Waals surface area contributed by atoms with Crippen molar-refractivity contribution in [3.8, 4) is 11.5 Å². The van der Waals surface area contributed by atoms with E-state index >= 15 is 0 Å². The average molecular weight is 389 g/mol. The van der Waals surface area contributed by atoms with Crippen LogP contribution in [0.5, 0.6) is 11.5 Å². The smallest absolute Gasteiger partial charge is 0.331 e. The molecule has 0 aliphatic carbocycles. The van der Waals surface area contributed by atoms with Gasteiger partial charge in [0, 0.05) is 12.1 Å². The predicted molar refractivity (Wildman–Crippen MR) is 97.0 cm³/mol. The van der Waals surface area contributed by atoms with E-state index in [0.29, 0.717) is 30.3 Å². The molecule has 146 valence electrons. The first-order chi connectivity index (χ1) is 13.4. The average Bonchev–Trinajstić information content (AvgIpc) is 2.69. The molecule has 0 unspecified atom stereocenters. The number of ether oxygens (including phenoxy) is 3. The minimum Gasteiger partial charge on any atom is -0.486 e. The van der Waals surface area contributed by atoms with Gasteiger partial charge in [0.1, 0.15) is 24.8 Å². The monoisotopic (exact) mass is 389 g/mol. The Bertz CT molecular complexity index is 929. The minimum absolute atomic E-state index is 0.334. The molecule has 1 aliphatic rings. The van der Waals surface area contributed by atoms with E-state index in [0.717, 1.165) is 24.3 Å². The van der Waals surface area contributed by atoms with E-state index in [1.54, 1.807) is 18.2 Å². The van der Waals surface area contributed by atoms with Crippen molar-refractivity contribution in [2.75, 3.05) is 18.5 Å². The zero-order valence-corrected chi connectivity index (χ0v) is 14.9. The van der Waals surface area contributed by atoms with Crippen molar-refractivity contribution in [2.45, 2.75) is 13.0 Å². The summed E-state index contributed by atoms with van der Waals surface area (Å²) in [5.41, 5.74) is 0.347. The highest BCUT2D eigenvalue weighted by Gasteiger charge is 2.18. The number of halogens is 2. The van der Waals surface area contributed by atoms with Crippen LogP contribution in [0.25, 0.3) is 6.08 Å². The molecule has 3 rings (SSSR count). The van der Waals surface area contributed by atoms with E-state index < -0.39 is 29.6 Å². The third-order valence-electron chi connectivity index (χ3n) is 3.83. The number of esters is 1. The third kappa shape index (κ3) is 4.85. The van der Waals surface area contributed by atoms with E-state index in [1.807, 2.05) is 0 Å². The largest absolute Gasteiger partial charge is 0.486 e. The fraction of sp³-hybridized carbons (Fsp3) is 0.200.